The second-order valence-corrected chi connectivity index (χ2v) is 3.36. The molecule has 0 atom stereocenters. The smallest absolute Gasteiger partial charge is 0.0470 e. The van der Waals surface area contributed by atoms with Crippen LogP contribution in [0, 0.1) is 0 Å². The van der Waals surface area contributed by atoms with Crippen molar-refractivity contribution in [3.8, 4) is 0 Å². The van der Waals surface area contributed by atoms with E-state index in [9.17, 15) is 0 Å². The molecule has 0 saturated heterocycles. The lowest BCUT2D eigenvalue weighted by molar-refractivity contribution is 0.497. The van der Waals surface area contributed by atoms with Crippen LogP contribution < -0.4 is 0 Å². The van der Waals surface area contributed by atoms with Crippen molar-refractivity contribution >= 4 is 0 Å². The van der Waals surface area contributed by atoms with Crippen molar-refractivity contribution in [3.05, 3.63) is 72.6 Å². The summed E-state index contributed by atoms with van der Waals surface area (Å²) in [7, 11) is 0. The predicted octanol–water partition coefficient (Wildman–Crippen LogP) is 3.09. The third-order valence-corrected chi connectivity index (χ3v) is 2.17. The molecule has 1 aliphatic rings. The molecule has 1 aliphatic heterocycles. The molecule has 1 heteroatoms. The van der Waals surface area contributed by atoms with Gasteiger partial charge in [-0.05, 0) is 23.3 Å². The van der Waals surface area contributed by atoms with Crippen LogP contribution >= 0.6 is 0 Å². The van der Waals surface area contributed by atoms with Gasteiger partial charge >= 0.3 is 0 Å². The fourth-order valence-electron chi connectivity index (χ4n) is 1.39. The first-order valence-corrected chi connectivity index (χ1v) is 4.69. The summed E-state index contributed by atoms with van der Waals surface area (Å²) in [4.78, 5) is 2.14. The molecule has 1 aromatic carbocycles. The van der Waals surface area contributed by atoms with E-state index in [0.717, 1.165) is 12.1 Å². The van der Waals surface area contributed by atoms with Gasteiger partial charge < -0.3 is 4.90 Å². The summed E-state index contributed by atoms with van der Waals surface area (Å²) in [5, 5.41) is 0. The van der Waals surface area contributed by atoms with Gasteiger partial charge in [-0.15, -0.1) is 0 Å². The summed E-state index contributed by atoms with van der Waals surface area (Å²) in [6.07, 6.45) is 8.14. The highest BCUT2D eigenvalue weighted by atomic mass is 15.1. The van der Waals surface area contributed by atoms with Crippen LogP contribution in [0.25, 0.3) is 0 Å². The Morgan fingerprint density at radius 2 is 1.64 bits per heavy atom. The van der Waals surface area contributed by atoms with Crippen molar-refractivity contribution in [1.29, 1.82) is 0 Å². The second kappa shape index (κ2) is 3.97. The van der Waals surface area contributed by atoms with Gasteiger partial charge in [0, 0.05) is 18.9 Å². The normalized spacial score (nSPS) is 14.9. The molecule has 0 unspecified atom stereocenters. The summed E-state index contributed by atoms with van der Waals surface area (Å²) >= 11 is 0. The summed E-state index contributed by atoms with van der Waals surface area (Å²) in [5.74, 6) is 0. The molecule has 0 fully saturated rings. The SMILES string of the molecule is C=C1C=CN(Cc2ccccc2)C=C1. The highest BCUT2D eigenvalue weighted by molar-refractivity contribution is 5.31. The lowest BCUT2D eigenvalue weighted by Gasteiger charge is -2.18. The quantitative estimate of drug-likeness (QED) is 0.681. The maximum absolute atomic E-state index is 3.86. The average molecular weight is 183 g/mol. The molecule has 0 aliphatic carbocycles. The number of allylic oxidation sites excluding steroid dienone is 3. The van der Waals surface area contributed by atoms with Crippen molar-refractivity contribution in [2.75, 3.05) is 0 Å². The van der Waals surface area contributed by atoms with Gasteiger partial charge in [-0.3, -0.25) is 0 Å². The number of benzene rings is 1. The van der Waals surface area contributed by atoms with Gasteiger partial charge in [0.25, 0.3) is 0 Å². The molecule has 0 spiro atoms. The molecule has 2 rings (SSSR count). The zero-order chi connectivity index (χ0) is 9.80. The summed E-state index contributed by atoms with van der Waals surface area (Å²) in [6.45, 7) is 4.77. The van der Waals surface area contributed by atoms with Gasteiger partial charge in [0.15, 0.2) is 0 Å². The van der Waals surface area contributed by atoms with E-state index in [-0.39, 0.29) is 0 Å². The maximum Gasteiger partial charge on any atom is 0.0470 e. The van der Waals surface area contributed by atoms with Crippen LogP contribution in [0.1, 0.15) is 5.56 Å². The Hall–Kier alpha value is -1.76. The van der Waals surface area contributed by atoms with E-state index in [1.165, 1.54) is 5.56 Å². The van der Waals surface area contributed by atoms with Crippen LogP contribution in [-0.2, 0) is 6.54 Å². The van der Waals surface area contributed by atoms with E-state index < -0.39 is 0 Å². The first kappa shape index (κ1) is 8.82. The molecule has 1 heterocycles. The van der Waals surface area contributed by atoms with Gasteiger partial charge in [0.05, 0.1) is 0 Å². The lowest BCUT2D eigenvalue weighted by Crippen LogP contribution is -2.10. The van der Waals surface area contributed by atoms with E-state index in [1.807, 2.05) is 18.2 Å². The van der Waals surface area contributed by atoms with Crippen molar-refractivity contribution in [3.63, 3.8) is 0 Å². The van der Waals surface area contributed by atoms with E-state index >= 15 is 0 Å². The Kier molecular flexibility index (Phi) is 2.50. The number of hydrogen-bond acceptors (Lipinski definition) is 1. The highest BCUT2D eigenvalue weighted by Crippen LogP contribution is 2.11. The van der Waals surface area contributed by atoms with E-state index in [1.54, 1.807) is 0 Å². The van der Waals surface area contributed by atoms with Crippen molar-refractivity contribution < 1.29 is 0 Å². The Morgan fingerprint density at radius 3 is 2.29 bits per heavy atom. The molecule has 0 radical (unpaired) electrons. The molecule has 1 nitrogen and oxygen atoms in total. The summed E-state index contributed by atoms with van der Waals surface area (Å²) in [5.41, 5.74) is 2.36. The molecular formula is C13H13N. The van der Waals surface area contributed by atoms with Crippen LogP contribution in [0.4, 0.5) is 0 Å². The molecule has 0 bridgehead atoms. The summed E-state index contributed by atoms with van der Waals surface area (Å²) < 4.78 is 0. The van der Waals surface area contributed by atoms with Crippen LogP contribution in [-0.4, -0.2) is 4.90 Å². The lowest BCUT2D eigenvalue weighted by atomic mass is 10.2. The number of nitrogens with zero attached hydrogens (tertiary/aromatic N) is 1. The third-order valence-electron chi connectivity index (χ3n) is 2.17. The van der Waals surface area contributed by atoms with Crippen LogP contribution in [0.5, 0.6) is 0 Å². The van der Waals surface area contributed by atoms with Gasteiger partial charge in [-0.1, -0.05) is 36.9 Å². The molecule has 70 valence electrons. The van der Waals surface area contributed by atoms with Crippen molar-refractivity contribution in [1.82, 2.24) is 4.90 Å². The third kappa shape index (κ3) is 2.13. The van der Waals surface area contributed by atoms with E-state index in [0.29, 0.717) is 0 Å². The maximum atomic E-state index is 3.86. The number of hydrogen-bond donors (Lipinski definition) is 0. The predicted molar refractivity (Wildman–Crippen MR) is 59.4 cm³/mol. The first-order chi connectivity index (χ1) is 6.84. The first-order valence-electron chi connectivity index (χ1n) is 4.69. The minimum Gasteiger partial charge on any atom is -0.350 e. The molecule has 1 aromatic rings. The minimum atomic E-state index is 0.918. The average Bonchev–Trinajstić information content (AvgIpc) is 2.23. The molecular weight excluding hydrogens is 170 g/mol. The van der Waals surface area contributed by atoms with E-state index in [2.05, 4.69) is 48.1 Å². The van der Waals surface area contributed by atoms with Gasteiger partial charge in [0.2, 0.25) is 0 Å². The van der Waals surface area contributed by atoms with Gasteiger partial charge in [-0.2, -0.15) is 0 Å². The number of rotatable bonds is 2. The molecule has 0 N–H and O–H groups in total. The van der Waals surface area contributed by atoms with Crippen molar-refractivity contribution in [2.24, 2.45) is 0 Å². The fraction of sp³-hybridized carbons (Fsp3) is 0.0769. The Morgan fingerprint density at radius 1 is 1.00 bits per heavy atom. The standard InChI is InChI=1S/C13H13N/c1-12-7-9-14(10-8-12)11-13-5-3-2-4-6-13/h2-10H,1,11H2. The highest BCUT2D eigenvalue weighted by Gasteiger charge is 1.99. The molecule has 0 saturated carbocycles. The molecule has 0 aromatic heterocycles. The zero-order valence-corrected chi connectivity index (χ0v) is 8.06. The summed E-state index contributed by atoms with van der Waals surface area (Å²) in [6, 6.07) is 10.4. The monoisotopic (exact) mass is 183 g/mol. The minimum absolute atomic E-state index is 0.918. The van der Waals surface area contributed by atoms with Crippen molar-refractivity contribution in [2.45, 2.75) is 6.54 Å². The Balaban J connectivity index is 2.03. The van der Waals surface area contributed by atoms with Crippen LogP contribution in [0.3, 0.4) is 0 Å². The Labute approximate surface area is 84.7 Å². The van der Waals surface area contributed by atoms with E-state index in [4.69, 9.17) is 0 Å². The fourth-order valence-corrected chi connectivity index (χ4v) is 1.39. The second-order valence-electron chi connectivity index (χ2n) is 3.36. The van der Waals surface area contributed by atoms with Crippen LogP contribution in [0.2, 0.25) is 0 Å². The molecule has 0 amide bonds. The topological polar surface area (TPSA) is 3.24 Å². The molecule has 14 heavy (non-hydrogen) atoms. The van der Waals surface area contributed by atoms with Gasteiger partial charge in [-0.25, -0.2) is 0 Å². The van der Waals surface area contributed by atoms with Crippen LogP contribution in [0.15, 0.2) is 67.0 Å². The van der Waals surface area contributed by atoms with Gasteiger partial charge in [0.1, 0.15) is 0 Å². The largest absolute Gasteiger partial charge is 0.350 e. The Bertz CT molecular complexity index is 357. The zero-order valence-electron chi connectivity index (χ0n) is 8.06.